The van der Waals surface area contributed by atoms with Crippen LogP contribution in [0, 0.1) is 0 Å². The van der Waals surface area contributed by atoms with E-state index >= 15 is 0 Å². The van der Waals surface area contributed by atoms with E-state index in [-0.39, 0.29) is 0 Å². The monoisotopic (exact) mass is 662 g/mol. The average molecular weight is 663 g/mol. The van der Waals surface area contributed by atoms with Crippen molar-refractivity contribution in [3.63, 3.8) is 0 Å². The number of fused-ring (bicyclic) bond motifs is 4. The van der Waals surface area contributed by atoms with E-state index in [4.69, 9.17) is 19.4 Å². The summed E-state index contributed by atoms with van der Waals surface area (Å²) in [4.78, 5) is 15.2. The second kappa shape index (κ2) is 10.2. The normalized spacial score (nSPS) is 12.2. The molecule has 0 saturated heterocycles. The third-order valence-electron chi connectivity index (χ3n) is 10.7. The predicted molar refractivity (Wildman–Crippen MR) is 213 cm³/mol. The van der Waals surface area contributed by atoms with E-state index < -0.39 is 0 Å². The Labute approximate surface area is 296 Å². The first-order valence-electron chi connectivity index (χ1n) is 17.5. The molecule has 0 fully saturated rings. The molecule has 0 spiro atoms. The largest absolute Gasteiger partial charge is 0.456 e. The van der Waals surface area contributed by atoms with Crippen LogP contribution in [0.5, 0.6) is 0 Å². The minimum Gasteiger partial charge on any atom is -0.456 e. The number of para-hydroxylation sites is 1. The number of rotatable bonds is 4. The Morgan fingerprint density at radius 1 is 0.365 bits per heavy atom. The highest BCUT2D eigenvalue weighted by atomic mass is 16.3. The summed E-state index contributed by atoms with van der Waals surface area (Å²) in [6.07, 6.45) is 0. The molecular weight excluding hydrogens is 637 g/mol. The molecule has 12 aromatic rings. The lowest BCUT2D eigenvalue weighted by molar-refractivity contribution is 0.669. The zero-order chi connectivity index (χ0) is 33.9. The summed E-state index contributed by atoms with van der Waals surface area (Å²) in [5.74, 6) is 1.83. The summed E-state index contributed by atoms with van der Waals surface area (Å²) in [6.45, 7) is 0. The lowest BCUT2D eigenvalue weighted by Gasteiger charge is -2.13. The van der Waals surface area contributed by atoms with E-state index in [1.54, 1.807) is 0 Å². The van der Waals surface area contributed by atoms with E-state index in [0.717, 1.165) is 44.3 Å². The molecule has 240 valence electrons. The van der Waals surface area contributed by atoms with E-state index in [1.807, 2.05) is 54.6 Å². The van der Waals surface area contributed by atoms with Gasteiger partial charge in [0, 0.05) is 49.3 Å². The molecule has 12 rings (SSSR count). The number of hydrogen-bond acceptors (Lipinski definition) is 4. The highest BCUT2D eigenvalue weighted by Gasteiger charge is 2.22. The van der Waals surface area contributed by atoms with Crippen LogP contribution >= 0.6 is 0 Å². The maximum atomic E-state index is 6.25. The van der Waals surface area contributed by atoms with Gasteiger partial charge in [0.05, 0.1) is 11.0 Å². The van der Waals surface area contributed by atoms with Gasteiger partial charge in [-0.05, 0) is 69.4 Å². The molecule has 0 aliphatic rings. The van der Waals surface area contributed by atoms with Crippen LogP contribution in [0.2, 0.25) is 0 Å². The van der Waals surface area contributed by atoms with Gasteiger partial charge in [0.25, 0.3) is 0 Å². The van der Waals surface area contributed by atoms with Crippen molar-refractivity contribution in [2.45, 2.75) is 0 Å². The van der Waals surface area contributed by atoms with Crippen molar-refractivity contribution in [1.29, 1.82) is 0 Å². The van der Waals surface area contributed by atoms with Gasteiger partial charge >= 0.3 is 0 Å². The van der Waals surface area contributed by atoms with Crippen LogP contribution in [0.3, 0.4) is 0 Å². The molecule has 0 aliphatic heterocycles. The molecule has 0 aliphatic carbocycles. The maximum absolute atomic E-state index is 6.25. The van der Waals surface area contributed by atoms with Crippen molar-refractivity contribution < 1.29 is 4.42 Å². The molecule has 0 amide bonds. The van der Waals surface area contributed by atoms with Crippen LogP contribution in [0.15, 0.2) is 162 Å². The fraction of sp³-hybridized carbons (Fsp3) is 0. The second-order valence-corrected chi connectivity index (χ2v) is 13.6. The van der Waals surface area contributed by atoms with E-state index in [1.165, 1.54) is 54.1 Å². The molecule has 0 atom stereocenters. The van der Waals surface area contributed by atoms with Gasteiger partial charge in [-0.1, -0.05) is 115 Å². The molecule has 0 radical (unpaired) electrons. The second-order valence-electron chi connectivity index (χ2n) is 13.6. The molecule has 9 aromatic carbocycles. The first-order valence-corrected chi connectivity index (χ1v) is 17.5. The Morgan fingerprint density at radius 3 is 1.85 bits per heavy atom. The fourth-order valence-electron chi connectivity index (χ4n) is 8.47. The Hall–Kier alpha value is -7.11. The highest BCUT2D eigenvalue weighted by molar-refractivity contribution is 6.40. The van der Waals surface area contributed by atoms with Gasteiger partial charge in [-0.15, -0.1) is 0 Å². The topological polar surface area (TPSA) is 56.7 Å². The van der Waals surface area contributed by atoms with Gasteiger partial charge in [-0.3, -0.25) is 0 Å². The van der Waals surface area contributed by atoms with Crippen LogP contribution in [0.4, 0.5) is 0 Å². The van der Waals surface area contributed by atoms with Crippen molar-refractivity contribution in [2.24, 2.45) is 0 Å². The predicted octanol–water partition coefficient (Wildman–Crippen LogP) is 12.2. The highest BCUT2D eigenvalue weighted by Crippen LogP contribution is 2.47. The van der Waals surface area contributed by atoms with E-state index in [0.29, 0.717) is 17.5 Å². The molecule has 52 heavy (non-hydrogen) atoms. The standard InChI is InChI=1S/C47H26N4O/c1-2-9-29(10-3-1)45-48-46(50-47(49-45)31-21-23-34-33-14-4-5-18-39(33)52-40(34)26-31)30-12-6-13-32(25-30)51-37-17-8-16-36-35-15-7-11-27-19-20-28-22-24-38(51)44(43(36)37)42(28)41(27)35/h1-26H. The van der Waals surface area contributed by atoms with Crippen molar-refractivity contribution in [3.8, 4) is 39.9 Å². The minimum atomic E-state index is 0.595. The van der Waals surface area contributed by atoms with Crippen LogP contribution in [0.25, 0.3) is 116 Å². The van der Waals surface area contributed by atoms with Crippen molar-refractivity contribution >= 4 is 76.1 Å². The molecule has 0 unspecified atom stereocenters. The first kappa shape index (κ1) is 27.7. The van der Waals surface area contributed by atoms with Crippen LogP contribution < -0.4 is 0 Å². The van der Waals surface area contributed by atoms with Crippen LogP contribution in [-0.4, -0.2) is 19.5 Å². The third-order valence-corrected chi connectivity index (χ3v) is 10.7. The number of aromatic nitrogens is 4. The molecule has 5 nitrogen and oxygen atoms in total. The summed E-state index contributed by atoms with van der Waals surface area (Å²) >= 11 is 0. The van der Waals surface area contributed by atoms with Gasteiger partial charge in [-0.25, -0.2) is 15.0 Å². The smallest absolute Gasteiger partial charge is 0.164 e. The number of hydrogen-bond donors (Lipinski definition) is 0. The van der Waals surface area contributed by atoms with Crippen molar-refractivity contribution in [3.05, 3.63) is 158 Å². The first-order chi connectivity index (χ1) is 25.8. The summed E-state index contributed by atoms with van der Waals surface area (Å²) in [5, 5.41) is 12.6. The quantitative estimate of drug-likeness (QED) is 0.139. The van der Waals surface area contributed by atoms with Crippen molar-refractivity contribution in [2.75, 3.05) is 0 Å². The fourth-order valence-corrected chi connectivity index (χ4v) is 8.47. The third kappa shape index (κ3) is 3.79. The Kier molecular flexibility index (Phi) is 5.44. The zero-order valence-electron chi connectivity index (χ0n) is 27.7. The van der Waals surface area contributed by atoms with Gasteiger partial charge < -0.3 is 8.98 Å². The lowest BCUT2D eigenvalue weighted by Crippen LogP contribution is -2.01. The van der Waals surface area contributed by atoms with Gasteiger partial charge in [0.2, 0.25) is 0 Å². The number of nitrogens with zero attached hydrogens (tertiary/aromatic N) is 4. The Balaban J connectivity index is 1.08. The summed E-state index contributed by atoms with van der Waals surface area (Å²) in [5.41, 5.74) is 7.81. The molecule has 3 heterocycles. The molecule has 3 aromatic heterocycles. The minimum absolute atomic E-state index is 0.595. The van der Waals surface area contributed by atoms with Gasteiger partial charge in [0.1, 0.15) is 11.2 Å². The summed E-state index contributed by atoms with van der Waals surface area (Å²) < 4.78 is 8.65. The average Bonchev–Trinajstić information content (AvgIpc) is 3.76. The zero-order valence-corrected chi connectivity index (χ0v) is 27.7. The maximum Gasteiger partial charge on any atom is 0.164 e. The van der Waals surface area contributed by atoms with Crippen molar-refractivity contribution in [1.82, 2.24) is 19.5 Å². The molecular formula is C47H26N4O. The van der Waals surface area contributed by atoms with Crippen LogP contribution in [-0.2, 0) is 0 Å². The molecule has 0 bridgehead atoms. The number of furan rings is 1. The molecule has 5 heteroatoms. The van der Waals surface area contributed by atoms with Gasteiger partial charge in [0.15, 0.2) is 17.5 Å². The Morgan fingerprint density at radius 2 is 0.981 bits per heavy atom. The molecule has 0 saturated carbocycles. The Bertz CT molecular complexity index is 3360. The molecule has 0 N–H and O–H groups in total. The van der Waals surface area contributed by atoms with Gasteiger partial charge in [-0.2, -0.15) is 0 Å². The summed E-state index contributed by atoms with van der Waals surface area (Å²) in [7, 11) is 0. The SMILES string of the molecule is c1ccc(-c2nc(-c3cccc(-n4c5cccc6c7cccc8ccc9ccc4c(c9c87)c65)c3)nc(-c3ccc4c(c3)oc3ccccc34)n2)cc1. The van der Waals surface area contributed by atoms with E-state index in [9.17, 15) is 0 Å². The lowest BCUT2D eigenvalue weighted by atomic mass is 9.89. The van der Waals surface area contributed by atoms with E-state index in [2.05, 4.69) is 108 Å². The van der Waals surface area contributed by atoms with Crippen LogP contribution in [0.1, 0.15) is 0 Å². The number of benzene rings is 9. The summed E-state index contributed by atoms with van der Waals surface area (Å²) in [6, 6.07) is 55.4.